The van der Waals surface area contributed by atoms with Crippen molar-refractivity contribution in [1.29, 1.82) is 0 Å². The van der Waals surface area contributed by atoms with Gasteiger partial charge in [0, 0.05) is 0 Å². The molecule has 2 atom stereocenters. The molecule has 1 N–H and O–H groups in total. The number of aliphatic hydroxyl groups is 1. The van der Waals surface area contributed by atoms with E-state index in [-0.39, 0.29) is 18.6 Å². The van der Waals surface area contributed by atoms with E-state index in [9.17, 15) is 14.7 Å². The Bertz CT molecular complexity index is 615. The van der Waals surface area contributed by atoms with Crippen LogP contribution in [0.5, 0.6) is 11.5 Å². The number of amides is 2. The molecule has 132 valence electrons. The number of ether oxygens (including phenoxy) is 3. The van der Waals surface area contributed by atoms with Crippen molar-refractivity contribution in [2.75, 3.05) is 27.4 Å². The van der Waals surface area contributed by atoms with Crippen molar-refractivity contribution in [2.24, 2.45) is 5.92 Å². The Morgan fingerprint density at radius 2 is 2.00 bits per heavy atom. The predicted octanol–water partition coefficient (Wildman–Crippen LogP) is 1.78. The average Bonchev–Trinajstić information content (AvgIpc) is 2.97. The highest BCUT2D eigenvalue weighted by Gasteiger charge is 2.42. The summed E-state index contributed by atoms with van der Waals surface area (Å²) < 4.78 is 15.4. The number of aliphatic hydroxyl groups excluding tert-OH is 1. The number of hydrogen-bond donors (Lipinski definition) is 1. The first kappa shape index (κ1) is 18.1. The summed E-state index contributed by atoms with van der Waals surface area (Å²) in [6.45, 7) is 3.57. The number of carbonyl (C=O) groups excluding carboxylic acids is 2. The lowest BCUT2D eigenvalue weighted by Gasteiger charge is -2.26. The van der Waals surface area contributed by atoms with Crippen LogP contribution in [0.3, 0.4) is 0 Å². The molecule has 0 bridgehead atoms. The third-order valence-electron chi connectivity index (χ3n) is 4.20. The maximum Gasteiger partial charge on any atom is 0.417 e. The van der Waals surface area contributed by atoms with E-state index < -0.39 is 24.5 Å². The highest BCUT2D eigenvalue weighted by atomic mass is 16.6. The standard InChI is InChI=1S/C17H23NO6/c1-10(2)13-9-24-17(21)18(13)16(20)12(8-19)11-5-6-14(22-3)15(7-11)23-4/h5-7,10,12-13,19H,8-9H2,1-4H3/t12-,13+/m1/s1. The molecule has 0 aliphatic carbocycles. The second-order valence-corrected chi connectivity index (χ2v) is 5.95. The van der Waals surface area contributed by atoms with Crippen molar-refractivity contribution < 1.29 is 28.9 Å². The van der Waals surface area contributed by atoms with Gasteiger partial charge in [-0.3, -0.25) is 4.79 Å². The van der Waals surface area contributed by atoms with Crippen molar-refractivity contribution in [2.45, 2.75) is 25.8 Å². The van der Waals surface area contributed by atoms with Crippen molar-refractivity contribution in [3.05, 3.63) is 23.8 Å². The first-order valence-corrected chi connectivity index (χ1v) is 7.77. The lowest BCUT2D eigenvalue weighted by Crippen LogP contribution is -2.44. The monoisotopic (exact) mass is 337 g/mol. The minimum atomic E-state index is -0.878. The number of methoxy groups -OCH3 is 2. The normalized spacial score (nSPS) is 18.5. The Balaban J connectivity index is 2.33. The molecule has 7 nitrogen and oxygen atoms in total. The zero-order valence-corrected chi connectivity index (χ0v) is 14.3. The van der Waals surface area contributed by atoms with E-state index in [0.717, 1.165) is 4.90 Å². The molecule has 0 saturated carbocycles. The van der Waals surface area contributed by atoms with Crippen LogP contribution in [0.25, 0.3) is 0 Å². The quantitative estimate of drug-likeness (QED) is 0.852. The molecular weight excluding hydrogens is 314 g/mol. The van der Waals surface area contributed by atoms with Crippen LogP contribution in [-0.4, -0.2) is 55.5 Å². The molecule has 1 saturated heterocycles. The Kier molecular flexibility index (Phi) is 5.66. The fourth-order valence-electron chi connectivity index (χ4n) is 2.74. The predicted molar refractivity (Wildman–Crippen MR) is 86.2 cm³/mol. The highest BCUT2D eigenvalue weighted by molar-refractivity contribution is 5.97. The lowest BCUT2D eigenvalue weighted by atomic mass is 9.96. The summed E-state index contributed by atoms with van der Waals surface area (Å²) in [6, 6.07) is 4.63. The number of carbonyl (C=O) groups is 2. The molecule has 2 amide bonds. The molecule has 7 heteroatoms. The summed E-state index contributed by atoms with van der Waals surface area (Å²) in [7, 11) is 3.00. The summed E-state index contributed by atoms with van der Waals surface area (Å²) in [4.78, 5) is 25.9. The number of rotatable bonds is 6. The highest BCUT2D eigenvalue weighted by Crippen LogP contribution is 2.32. The van der Waals surface area contributed by atoms with E-state index in [1.165, 1.54) is 14.2 Å². The van der Waals surface area contributed by atoms with Gasteiger partial charge in [-0.2, -0.15) is 0 Å². The molecule has 1 heterocycles. The van der Waals surface area contributed by atoms with Gasteiger partial charge in [0.2, 0.25) is 5.91 Å². The summed E-state index contributed by atoms with van der Waals surface area (Å²) in [6.07, 6.45) is -0.669. The lowest BCUT2D eigenvalue weighted by molar-refractivity contribution is -0.132. The molecule has 1 aromatic carbocycles. The van der Waals surface area contributed by atoms with Gasteiger partial charge in [-0.25, -0.2) is 9.69 Å². The van der Waals surface area contributed by atoms with E-state index in [0.29, 0.717) is 17.1 Å². The molecule has 0 unspecified atom stereocenters. The van der Waals surface area contributed by atoms with Crippen LogP contribution < -0.4 is 9.47 Å². The average molecular weight is 337 g/mol. The minimum absolute atomic E-state index is 0.0603. The molecular formula is C17H23NO6. The van der Waals surface area contributed by atoms with Crippen LogP contribution in [0.15, 0.2) is 18.2 Å². The Morgan fingerprint density at radius 3 is 2.54 bits per heavy atom. The van der Waals surface area contributed by atoms with Gasteiger partial charge in [-0.15, -0.1) is 0 Å². The van der Waals surface area contributed by atoms with Crippen LogP contribution in [-0.2, 0) is 9.53 Å². The van der Waals surface area contributed by atoms with Gasteiger partial charge >= 0.3 is 6.09 Å². The maximum absolute atomic E-state index is 12.8. The smallest absolute Gasteiger partial charge is 0.417 e. The Morgan fingerprint density at radius 1 is 1.33 bits per heavy atom. The molecule has 24 heavy (non-hydrogen) atoms. The first-order chi connectivity index (χ1) is 11.4. The third-order valence-corrected chi connectivity index (χ3v) is 4.20. The fraction of sp³-hybridized carbons (Fsp3) is 0.529. The van der Waals surface area contributed by atoms with Crippen LogP contribution in [0, 0.1) is 5.92 Å². The van der Waals surface area contributed by atoms with Crippen molar-refractivity contribution in [3.63, 3.8) is 0 Å². The van der Waals surface area contributed by atoms with Gasteiger partial charge in [0.15, 0.2) is 11.5 Å². The van der Waals surface area contributed by atoms with E-state index in [1.807, 2.05) is 13.8 Å². The molecule has 1 fully saturated rings. The van der Waals surface area contributed by atoms with Crippen LogP contribution in [0.2, 0.25) is 0 Å². The number of nitrogens with zero attached hydrogens (tertiary/aromatic N) is 1. The summed E-state index contributed by atoms with van der Waals surface area (Å²) in [5.41, 5.74) is 0.544. The molecule has 1 aliphatic heterocycles. The second-order valence-electron chi connectivity index (χ2n) is 5.95. The summed E-state index contributed by atoms with van der Waals surface area (Å²) in [5.74, 6) is -0.329. The van der Waals surface area contributed by atoms with E-state index in [2.05, 4.69) is 0 Å². The van der Waals surface area contributed by atoms with E-state index in [4.69, 9.17) is 14.2 Å². The zero-order valence-electron chi connectivity index (χ0n) is 14.3. The van der Waals surface area contributed by atoms with Gasteiger partial charge < -0.3 is 19.3 Å². The number of benzene rings is 1. The molecule has 1 aliphatic rings. The van der Waals surface area contributed by atoms with E-state index >= 15 is 0 Å². The summed E-state index contributed by atoms with van der Waals surface area (Å²) in [5, 5.41) is 9.74. The number of imide groups is 1. The maximum atomic E-state index is 12.8. The van der Waals surface area contributed by atoms with E-state index in [1.54, 1.807) is 18.2 Å². The zero-order chi connectivity index (χ0) is 17.9. The molecule has 0 radical (unpaired) electrons. The first-order valence-electron chi connectivity index (χ1n) is 7.77. The van der Waals surface area contributed by atoms with Gasteiger partial charge in [-0.05, 0) is 23.6 Å². The SMILES string of the molecule is COc1ccc([C@@H](CO)C(=O)N2C(=O)OC[C@H]2C(C)C)cc1OC. The van der Waals surface area contributed by atoms with Crippen molar-refractivity contribution in [3.8, 4) is 11.5 Å². The number of cyclic esters (lactones) is 1. The van der Waals surface area contributed by atoms with Gasteiger partial charge in [0.05, 0.1) is 32.8 Å². The number of hydrogen-bond acceptors (Lipinski definition) is 6. The molecule has 1 aromatic rings. The fourth-order valence-corrected chi connectivity index (χ4v) is 2.74. The van der Waals surface area contributed by atoms with Crippen molar-refractivity contribution >= 4 is 12.0 Å². The van der Waals surface area contributed by atoms with Crippen LogP contribution in [0.1, 0.15) is 25.3 Å². The largest absolute Gasteiger partial charge is 0.493 e. The Hall–Kier alpha value is -2.28. The second kappa shape index (κ2) is 7.53. The molecule has 0 spiro atoms. The van der Waals surface area contributed by atoms with Gasteiger partial charge in [0.1, 0.15) is 6.61 Å². The van der Waals surface area contributed by atoms with Crippen LogP contribution in [0.4, 0.5) is 4.79 Å². The Labute approximate surface area is 141 Å². The van der Waals surface area contributed by atoms with Crippen LogP contribution >= 0.6 is 0 Å². The van der Waals surface area contributed by atoms with Gasteiger partial charge in [-0.1, -0.05) is 19.9 Å². The molecule has 0 aromatic heterocycles. The minimum Gasteiger partial charge on any atom is -0.493 e. The molecule has 2 rings (SSSR count). The third kappa shape index (κ3) is 3.31. The summed E-state index contributed by atoms with van der Waals surface area (Å²) >= 11 is 0. The topological polar surface area (TPSA) is 85.3 Å². The van der Waals surface area contributed by atoms with Crippen molar-refractivity contribution in [1.82, 2.24) is 4.90 Å². The van der Waals surface area contributed by atoms with Gasteiger partial charge in [0.25, 0.3) is 0 Å².